The van der Waals surface area contributed by atoms with Crippen LogP contribution in [0.25, 0.3) is 0 Å². The van der Waals surface area contributed by atoms with Crippen molar-refractivity contribution in [2.24, 2.45) is 0 Å². The minimum absolute atomic E-state index is 0.427. The molecule has 4 N–H and O–H groups in total. The number of rotatable bonds is 10. The number of aliphatic hydroxyl groups excluding tert-OH is 4. The molecule has 0 radical (unpaired) electrons. The van der Waals surface area contributed by atoms with Gasteiger partial charge in [-0.15, -0.1) is 0 Å². The summed E-state index contributed by atoms with van der Waals surface area (Å²) in [5.41, 5.74) is 0. The lowest BCUT2D eigenvalue weighted by Crippen LogP contribution is -2.59. The molecule has 0 amide bonds. The normalized spacial score (nSPS) is 33.3. The molecule has 1 heterocycles. The fourth-order valence-corrected chi connectivity index (χ4v) is 2.46. The van der Waals surface area contributed by atoms with Crippen LogP contribution in [0.3, 0.4) is 0 Å². The van der Waals surface area contributed by atoms with Gasteiger partial charge in [-0.25, -0.2) is 0 Å². The average molecular weight is 306 g/mol. The van der Waals surface area contributed by atoms with E-state index in [9.17, 15) is 15.3 Å². The molecule has 0 aromatic heterocycles. The molecule has 6 nitrogen and oxygen atoms in total. The predicted molar refractivity (Wildman–Crippen MR) is 77.7 cm³/mol. The van der Waals surface area contributed by atoms with E-state index >= 15 is 0 Å². The van der Waals surface area contributed by atoms with Crippen LogP contribution in [0.2, 0.25) is 0 Å². The van der Waals surface area contributed by atoms with Gasteiger partial charge in [0.25, 0.3) is 0 Å². The largest absolute Gasteiger partial charge is 0.394 e. The Labute approximate surface area is 126 Å². The molecule has 126 valence electrons. The number of hydrogen-bond donors (Lipinski definition) is 4. The molecule has 0 aromatic carbocycles. The first-order valence-electron chi connectivity index (χ1n) is 8.04. The van der Waals surface area contributed by atoms with E-state index in [4.69, 9.17) is 14.6 Å². The first kappa shape index (κ1) is 18.8. The molecule has 0 spiro atoms. The molecule has 6 heteroatoms. The van der Waals surface area contributed by atoms with Crippen LogP contribution < -0.4 is 0 Å². The lowest BCUT2D eigenvalue weighted by atomic mass is 9.99. The highest BCUT2D eigenvalue weighted by Crippen LogP contribution is 2.22. The molecule has 0 saturated carbocycles. The van der Waals surface area contributed by atoms with Crippen LogP contribution in [0.4, 0.5) is 0 Å². The monoisotopic (exact) mass is 306 g/mol. The summed E-state index contributed by atoms with van der Waals surface area (Å²) in [7, 11) is 0. The Morgan fingerprint density at radius 1 is 0.857 bits per heavy atom. The zero-order valence-corrected chi connectivity index (χ0v) is 12.9. The topological polar surface area (TPSA) is 99.4 Å². The van der Waals surface area contributed by atoms with Crippen LogP contribution >= 0.6 is 0 Å². The van der Waals surface area contributed by atoms with Crippen molar-refractivity contribution in [3.05, 3.63) is 0 Å². The Hall–Kier alpha value is -0.240. The summed E-state index contributed by atoms with van der Waals surface area (Å²) < 4.78 is 10.7. The van der Waals surface area contributed by atoms with Crippen LogP contribution in [0.5, 0.6) is 0 Å². The maximum atomic E-state index is 9.78. The maximum Gasteiger partial charge on any atom is 0.186 e. The summed E-state index contributed by atoms with van der Waals surface area (Å²) in [5, 5.41) is 38.1. The van der Waals surface area contributed by atoms with Crippen molar-refractivity contribution in [2.45, 2.75) is 82.6 Å². The Morgan fingerprint density at radius 2 is 1.48 bits per heavy atom. The van der Waals surface area contributed by atoms with Gasteiger partial charge in [-0.1, -0.05) is 45.4 Å². The van der Waals surface area contributed by atoms with Gasteiger partial charge in [-0.05, 0) is 6.42 Å². The standard InChI is InChI=1S/C15H30O6/c1-2-3-4-5-6-7-8-9-20-15-14(19)13(18)12(17)11(10-16)21-15/h11-19H,2-10H2,1H3/t11-,12-,13+,14-,15+/m0/s1. The van der Waals surface area contributed by atoms with E-state index in [1.54, 1.807) is 0 Å². The first-order valence-corrected chi connectivity index (χ1v) is 8.04. The van der Waals surface area contributed by atoms with Gasteiger partial charge in [0.05, 0.1) is 6.61 Å². The Morgan fingerprint density at radius 3 is 2.10 bits per heavy atom. The summed E-state index contributed by atoms with van der Waals surface area (Å²) in [5.74, 6) is 0. The quantitative estimate of drug-likeness (QED) is 0.440. The first-order chi connectivity index (χ1) is 10.1. The van der Waals surface area contributed by atoms with Gasteiger partial charge in [0, 0.05) is 6.61 Å². The summed E-state index contributed by atoms with van der Waals surface area (Å²) in [6, 6.07) is 0. The lowest BCUT2D eigenvalue weighted by molar-refractivity contribution is -0.301. The van der Waals surface area contributed by atoms with Crippen molar-refractivity contribution < 1.29 is 29.9 Å². The summed E-state index contributed by atoms with van der Waals surface area (Å²) in [6.45, 7) is 2.19. The third-order valence-corrected chi connectivity index (χ3v) is 3.88. The van der Waals surface area contributed by atoms with Crippen molar-refractivity contribution in [1.82, 2.24) is 0 Å². The van der Waals surface area contributed by atoms with Crippen molar-refractivity contribution >= 4 is 0 Å². The highest BCUT2D eigenvalue weighted by molar-refractivity contribution is 4.88. The molecular weight excluding hydrogens is 276 g/mol. The molecule has 1 aliphatic heterocycles. The maximum absolute atomic E-state index is 9.78. The predicted octanol–water partition coefficient (Wildman–Crippen LogP) is 0.553. The highest BCUT2D eigenvalue weighted by atomic mass is 16.7. The van der Waals surface area contributed by atoms with Gasteiger partial charge in [0.15, 0.2) is 6.29 Å². The van der Waals surface area contributed by atoms with E-state index in [1.165, 1.54) is 25.7 Å². The van der Waals surface area contributed by atoms with E-state index in [0.717, 1.165) is 19.3 Å². The Balaban J connectivity index is 2.16. The van der Waals surface area contributed by atoms with E-state index in [2.05, 4.69) is 6.92 Å². The van der Waals surface area contributed by atoms with Gasteiger partial charge < -0.3 is 29.9 Å². The van der Waals surface area contributed by atoms with Crippen molar-refractivity contribution in [3.8, 4) is 0 Å². The van der Waals surface area contributed by atoms with Crippen molar-refractivity contribution in [1.29, 1.82) is 0 Å². The highest BCUT2D eigenvalue weighted by Gasteiger charge is 2.43. The Bertz CT molecular complexity index is 261. The minimum atomic E-state index is -1.37. The second kappa shape index (κ2) is 10.5. The number of hydrogen-bond acceptors (Lipinski definition) is 6. The van der Waals surface area contributed by atoms with E-state index in [1.807, 2.05) is 0 Å². The summed E-state index contributed by atoms with van der Waals surface area (Å²) in [4.78, 5) is 0. The molecular formula is C15H30O6. The third kappa shape index (κ3) is 6.18. The average Bonchev–Trinajstić information content (AvgIpc) is 2.49. The minimum Gasteiger partial charge on any atom is -0.394 e. The van der Waals surface area contributed by atoms with Crippen molar-refractivity contribution in [2.75, 3.05) is 13.2 Å². The molecule has 1 rings (SSSR count). The van der Waals surface area contributed by atoms with Gasteiger partial charge in [0.1, 0.15) is 24.4 Å². The van der Waals surface area contributed by atoms with Crippen molar-refractivity contribution in [3.63, 3.8) is 0 Å². The van der Waals surface area contributed by atoms with Gasteiger partial charge in [0.2, 0.25) is 0 Å². The molecule has 0 unspecified atom stereocenters. The van der Waals surface area contributed by atoms with E-state index < -0.39 is 37.3 Å². The number of unbranched alkanes of at least 4 members (excludes halogenated alkanes) is 6. The van der Waals surface area contributed by atoms with Gasteiger partial charge >= 0.3 is 0 Å². The second-order valence-corrected chi connectivity index (χ2v) is 5.69. The van der Waals surface area contributed by atoms with Gasteiger partial charge in [-0.2, -0.15) is 0 Å². The fourth-order valence-electron chi connectivity index (χ4n) is 2.46. The van der Waals surface area contributed by atoms with Crippen LogP contribution in [-0.4, -0.2) is 64.3 Å². The SMILES string of the molecule is CCCCCCCCCO[C@@H]1O[C@@H](CO)[C@H](O)[C@@H](O)[C@@H]1O. The molecule has 21 heavy (non-hydrogen) atoms. The number of aliphatic hydroxyl groups is 4. The smallest absolute Gasteiger partial charge is 0.186 e. The second-order valence-electron chi connectivity index (χ2n) is 5.69. The lowest BCUT2D eigenvalue weighted by Gasteiger charge is -2.39. The molecule has 0 aromatic rings. The van der Waals surface area contributed by atoms with Crippen LogP contribution in [0.1, 0.15) is 51.9 Å². The third-order valence-electron chi connectivity index (χ3n) is 3.88. The van der Waals surface area contributed by atoms with Crippen LogP contribution in [-0.2, 0) is 9.47 Å². The molecule has 5 atom stereocenters. The molecule has 1 aliphatic rings. The molecule has 1 saturated heterocycles. The summed E-state index contributed by atoms with van der Waals surface area (Å²) in [6.07, 6.45) is 2.20. The van der Waals surface area contributed by atoms with Crippen LogP contribution in [0.15, 0.2) is 0 Å². The molecule has 0 bridgehead atoms. The van der Waals surface area contributed by atoms with Crippen LogP contribution in [0, 0.1) is 0 Å². The van der Waals surface area contributed by atoms with Gasteiger partial charge in [-0.3, -0.25) is 0 Å². The van der Waals surface area contributed by atoms with E-state index in [0.29, 0.717) is 6.61 Å². The molecule has 1 fully saturated rings. The van der Waals surface area contributed by atoms with E-state index in [-0.39, 0.29) is 0 Å². The zero-order valence-electron chi connectivity index (χ0n) is 12.9. The summed E-state index contributed by atoms with van der Waals surface area (Å²) >= 11 is 0. The zero-order chi connectivity index (χ0) is 15.7. The fraction of sp³-hybridized carbons (Fsp3) is 1.00. The number of ether oxygens (including phenoxy) is 2. The Kier molecular flexibility index (Phi) is 9.39. The molecule has 0 aliphatic carbocycles.